The van der Waals surface area contributed by atoms with Crippen LogP contribution >= 0.6 is 23.1 Å². The summed E-state index contributed by atoms with van der Waals surface area (Å²) in [6, 6.07) is 18.1. The van der Waals surface area contributed by atoms with E-state index in [1.807, 2.05) is 23.1 Å². The maximum atomic E-state index is 3.58. The Morgan fingerprint density at radius 1 is 1.10 bits per heavy atom. The van der Waals surface area contributed by atoms with Crippen molar-refractivity contribution in [2.24, 2.45) is 0 Å². The first-order chi connectivity index (χ1) is 10.4. The Morgan fingerprint density at radius 3 is 2.90 bits per heavy atom. The Labute approximate surface area is 133 Å². The summed E-state index contributed by atoms with van der Waals surface area (Å²) in [7, 11) is 2.09. The fourth-order valence-corrected chi connectivity index (χ4v) is 5.54. The molecule has 106 valence electrons. The van der Waals surface area contributed by atoms with E-state index < -0.39 is 0 Å². The van der Waals surface area contributed by atoms with E-state index >= 15 is 0 Å². The van der Waals surface area contributed by atoms with Gasteiger partial charge in [-0.2, -0.15) is 0 Å². The van der Waals surface area contributed by atoms with Crippen LogP contribution in [-0.2, 0) is 0 Å². The van der Waals surface area contributed by atoms with Crippen molar-refractivity contribution in [2.45, 2.75) is 16.9 Å². The van der Waals surface area contributed by atoms with Crippen LogP contribution in [0.15, 0.2) is 58.8 Å². The highest BCUT2D eigenvalue weighted by Crippen LogP contribution is 2.46. The van der Waals surface area contributed by atoms with Crippen LogP contribution in [0.25, 0.3) is 10.1 Å². The lowest BCUT2D eigenvalue weighted by molar-refractivity contribution is 0.518. The Bertz CT molecular complexity index is 777. The molecule has 1 aromatic heterocycles. The summed E-state index contributed by atoms with van der Waals surface area (Å²) >= 11 is 3.84. The largest absolute Gasteiger partial charge is 0.312 e. The van der Waals surface area contributed by atoms with Gasteiger partial charge in [0.15, 0.2) is 0 Å². The molecule has 1 N–H and O–H groups in total. The van der Waals surface area contributed by atoms with Gasteiger partial charge >= 0.3 is 0 Å². The normalized spacial score (nSPS) is 18.8. The van der Waals surface area contributed by atoms with Gasteiger partial charge < -0.3 is 5.32 Å². The van der Waals surface area contributed by atoms with E-state index in [1.54, 1.807) is 0 Å². The van der Waals surface area contributed by atoms with Crippen molar-refractivity contribution in [3.63, 3.8) is 0 Å². The molecule has 21 heavy (non-hydrogen) atoms. The number of benzene rings is 2. The van der Waals surface area contributed by atoms with Crippen LogP contribution in [0.1, 0.15) is 23.1 Å². The van der Waals surface area contributed by atoms with Crippen LogP contribution in [0.2, 0.25) is 0 Å². The molecule has 0 bridgehead atoms. The van der Waals surface area contributed by atoms with Gasteiger partial charge in [0.2, 0.25) is 0 Å². The third-order valence-corrected chi connectivity index (χ3v) is 6.48. The molecule has 4 rings (SSSR count). The molecule has 2 atom stereocenters. The number of likely N-dealkylation sites (N-methyl/N-ethyl adjacent to an activating group) is 1. The highest BCUT2D eigenvalue weighted by molar-refractivity contribution is 7.99. The molecule has 0 saturated heterocycles. The minimum Gasteiger partial charge on any atom is -0.312 e. The average molecular weight is 311 g/mol. The van der Waals surface area contributed by atoms with Gasteiger partial charge in [-0.15, -0.1) is 23.1 Å². The van der Waals surface area contributed by atoms with Crippen molar-refractivity contribution >= 4 is 33.2 Å². The second kappa shape index (κ2) is 5.48. The van der Waals surface area contributed by atoms with Crippen LogP contribution in [0.3, 0.4) is 0 Å². The van der Waals surface area contributed by atoms with Crippen molar-refractivity contribution in [3.8, 4) is 0 Å². The first-order valence-electron chi connectivity index (χ1n) is 7.23. The Hall–Kier alpha value is -1.29. The van der Waals surface area contributed by atoms with E-state index in [0.29, 0.717) is 12.0 Å². The maximum absolute atomic E-state index is 3.58. The fourth-order valence-electron chi connectivity index (χ4n) is 3.30. The summed E-state index contributed by atoms with van der Waals surface area (Å²) in [5.74, 6) is 1.70. The van der Waals surface area contributed by atoms with E-state index in [9.17, 15) is 0 Å². The molecule has 3 aromatic rings. The predicted molar refractivity (Wildman–Crippen MR) is 93.5 cm³/mol. The smallest absolute Gasteiger partial charge is 0.0409 e. The maximum Gasteiger partial charge on any atom is 0.0409 e. The molecule has 0 aliphatic carbocycles. The first kappa shape index (κ1) is 13.4. The third kappa shape index (κ3) is 2.20. The second-order valence-corrected chi connectivity index (χ2v) is 7.39. The van der Waals surface area contributed by atoms with E-state index in [2.05, 4.69) is 66.3 Å². The zero-order valence-electron chi connectivity index (χ0n) is 11.9. The summed E-state index contributed by atoms with van der Waals surface area (Å²) in [6.07, 6.45) is 0. The zero-order valence-corrected chi connectivity index (χ0v) is 13.5. The van der Waals surface area contributed by atoms with Crippen LogP contribution in [-0.4, -0.2) is 12.8 Å². The fraction of sp³-hybridized carbons (Fsp3) is 0.222. The van der Waals surface area contributed by atoms with Gasteiger partial charge in [-0.1, -0.05) is 36.4 Å². The lowest BCUT2D eigenvalue weighted by atomic mass is 9.88. The molecule has 1 aliphatic heterocycles. The highest BCUT2D eigenvalue weighted by Gasteiger charge is 2.31. The molecule has 2 heterocycles. The zero-order chi connectivity index (χ0) is 14.2. The predicted octanol–water partition coefficient (Wildman–Crippen LogP) is 5.05. The number of fused-ring (bicyclic) bond motifs is 2. The Balaban J connectivity index is 1.81. The number of thiophene rings is 1. The Kier molecular flexibility index (Phi) is 3.49. The standard InChI is InChI=1S/C18H17NS2/c1-19-17(14-7-4-5-12-9-10-20-18(12)14)15-11-21-16-8-3-2-6-13(15)16/h2-10,15,17,19H,11H2,1H3. The molecule has 1 nitrogen and oxygen atoms in total. The molecular formula is C18H17NS2. The van der Waals surface area contributed by atoms with Crippen LogP contribution in [0.4, 0.5) is 0 Å². The molecule has 0 fully saturated rings. The Morgan fingerprint density at radius 2 is 2.00 bits per heavy atom. The van der Waals surface area contributed by atoms with Gasteiger partial charge in [-0.25, -0.2) is 0 Å². The lowest BCUT2D eigenvalue weighted by Gasteiger charge is -2.24. The molecule has 0 amide bonds. The number of hydrogen-bond acceptors (Lipinski definition) is 3. The highest BCUT2D eigenvalue weighted by atomic mass is 32.2. The number of nitrogens with one attached hydrogen (secondary N) is 1. The van der Waals surface area contributed by atoms with Crippen molar-refractivity contribution in [2.75, 3.05) is 12.8 Å². The van der Waals surface area contributed by atoms with E-state index in [-0.39, 0.29) is 0 Å². The summed E-state index contributed by atoms with van der Waals surface area (Å²) < 4.78 is 1.42. The first-order valence-corrected chi connectivity index (χ1v) is 9.10. The molecule has 2 unspecified atom stereocenters. The molecular weight excluding hydrogens is 294 g/mol. The van der Waals surface area contributed by atoms with Gasteiger partial charge in [0, 0.05) is 27.3 Å². The van der Waals surface area contributed by atoms with Gasteiger partial charge in [0.25, 0.3) is 0 Å². The molecule has 0 spiro atoms. The van der Waals surface area contributed by atoms with E-state index in [1.165, 1.54) is 26.1 Å². The lowest BCUT2D eigenvalue weighted by Crippen LogP contribution is -2.24. The monoisotopic (exact) mass is 311 g/mol. The topological polar surface area (TPSA) is 12.0 Å². The number of rotatable bonds is 3. The van der Waals surface area contributed by atoms with Gasteiger partial charge in [-0.3, -0.25) is 0 Å². The van der Waals surface area contributed by atoms with Gasteiger partial charge in [-0.05, 0) is 41.1 Å². The molecule has 2 aromatic carbocycles. The average Bonchev–Trinajstić information content (AvgIpc) is 3.15. The molecule has 1 aliphatic rings. The van der Waals surface area contributed by atoms with Gasteiger partial charge in [0.1, 0.15) is 0 Å². The minimum absolute atomic E-state index is 0.378. The summed E-state index contributed by atoms with van der Waals surface area (Å²) in [5, 5.41) is 7.13. The van der Waals surface area contributed by atoms with E-state index in [0.717, 1.165) is 5.75 Å². The van der Waals surface area contributed by atoms with Crippen LogP contribution < -0.4 is 5.32 Å². The second-order valence-electron chi connectivity index (χ2n) is 5.41. The van der Waals surface area contributed by atoms with Crippen molar-refractivity contribution < 1.29 is 0 Å². The summed E-state index contributed by atoms with van der Waals surface area (Å²) in [4.78, 5) is 1.45. The minimum atomic E-state index is 0.378. The van der Waals surface area contributed by atoms with Crippen LogP contribution in [0, 0.1) is 0 Å². The van der Waals surface area contributed by atoms with Gasteiger partial charge in [0.05, 0.1) is 0 Å². The van der Waals surface area contributed by atoms with Crippen molar-refractivity contribution in [1.29, 1.82) is 0 Å². The molecule has 0 radical (unpaired) electrons. The van der Waals surface area contributed by atoms with Crippen molar-refractivity contribution in [1.82, 2.24) is 5.32 Å². The quantitative estimate of drug-likeness (QED) is 0.726. The SMILES string of the molecule is CNC(c1cccc2ccsc12)C1CSc2ccccc21. The van der Waals surface area contributed by atoms with Crippen molar-refractivity contribution in [3.05, 3.63) is 65.0 Å². The number of thioether (sulfide) groups is 1. The third-order valence-electron chi connectivity index (χ3n) is 4.29. The summed E-state index contributed by atoms with van der Waals surface area (Å²) in [5.41, 5.74) is 2.93. The molecule has 0 saturated carbocycles. The van der Waals surface area contributed by atoms with E-state index in [4.69, 9.17) is 0 Å². The summed E-state index contributed by atoms with van der Waals surface area (Å²) in [6.45, 7) is 0. The van der Waals surface area contributed by atoms with Crippen LogP contribution in [0.5, 0.6) is 0 Å². The number of hydrogen-bond donors (Lipinski definition) is 1. The molecule has 3 heteroatoms.